The van der Waals surface area contributed by atoms with Gasteiger partial charge in [0.2, 0.25) is 17.7 Å². The van der Waals surface area contributed by atoms with Crippen molar-refractivity contribution in [2.45, 2.75) is 25.7 Å². The van der Waals surface area contributed by atoms with Crippen LogP contribution in [0.15, 0.2) is 78.9 Å². The number of hydrogen-bond acceptors (Lipinski definition) is 4. The summed E-state index contributed by atoms with van der Waals surface area (Å²) in [4.78, 5) is 37.8. The highest BCUT2D eigenvalue weighted by Gasteiger charge is 2.07. The molecule has 0 saturated heterocycles. The summed E-state index contributed by atoms with van der Waals surface area (Å²) < 4.78 is 0. The lowest BCUT2D eigenvalue weighted by Crippen LogP contribution is -2.22. The Morgan fingerprint density at radius 2 is 1.14 bits per heavy atom. The Kier molecular flexibility index (Phi) is 9.42. The van der Waals surface area contributed by atoms with E-state index in [1.54, 1.807) is 43.3 Å². The predicted molar refractivity (Wildman–Crippen MR) is 140 cm³/mol. The van der Waals surface area contributed by atoms with Gasteiger partial charge in [-0.15, -0.1) is 0 Å². The minimum Gasteiger partial charge on any atom is -0.376 e. The van der Waals surface area contributed by atoms with Crippen LogP contribution in [0.2, 0.25) is 0 Å². The first kappa shape index (κ1) is 25.5. The SMILES string of the molecule is CN(C)C(=O)CCc1ccc(NCC(=O)Nc2ccc(NC(=O)CCc3ccccc3)cc2)cc1. The molecule has 35 heavy (non-hydrogen) atoms. The fourth-order valence-corrected chi connectivity index (χ4v) is 3.41. The molecule has 3 amide bonds. The number of rotatable bonds is 11. The molecule has 0 unspecified atom stereocenters. The van der Waals surface area contributed by atoms with Gasteiger partial charge in [-0.25, -0.2) is 0 Å². The highest BCUT2D eigenvalue weighted by atomic mass is 16.2. The van der Waals surface area contributed by atoms with Crippen molar-refractivity contribution in [2.24, 2.45) is 0 Å². The molecule has 7 heteroatoms. The van der Waals surface area contributed by atoms with Crippen LogP contribution >= 0.6 is 0 Å². The summed E-state index contributed by atoms with van der Waals surface area (Å²) in [5.41, 5.74) is 4.37. The summed E-state index contributed by atoms with van der Waals surface area (Å²) in [6, 6.07) is 24.7. The Hall–Kier alpha value is -4.13. The van der Waals surface area contributed by atoms with Crippen LogP contribution in [0.25, 0.3) is 0 Å². The number of carbonyl (C=O) groups is 3. The van der Waals surface area contributed by atoms with E-state index in [-0.39, 0.29) is 24.3 Å². The van der Waals surface area contributed by atoms with Crippen LogP contribution < -0.4 is 16.0 Å². The summed E-state index contributed by atoms with van der Waals surface area (Å²) in [5, 5.41) is 8.81. The number of hydrogen-bond donors (Lipinski definition) is 3. The van der Waals surface area contributed by atoms with Gasteiger partial charge < -0.3 is 20.9 Å². The number of aryl methyl sites for hydroxylation is 2. The minimum atomic E-state index is -0.176. The first-order valence-electron chi connectivity index (χ1n) is 11.7. The van der Waals surface area contributed by atoms with Crippen LogP contribution in [0.3, 0.4) is 0 Å². The number of carbonyl (C=O) groups excluding carboxylic acids is 3. The fourth-order valence-electron chi connectivity index (χ4n) is 3.41. The standard InChI is InChI=1S/C28H32N4O3/c1-32(2)28(35)19-11-22-8-12-23(13-9-22)29-20-27(34)31-25-16-14-24(15-17-25)30-26(33)18-10-21-6-4-3-5-7-21/h3-9,12-17,29H,10-11,18-20H2,1-2H3,(H,30,33)(H,31,34). The summed E-state index contributed by atoms with van der Waals surface area (Å²) in [6.07, 6.45) is 2.25. The molecule has 0 radical (unpaired) electrons. The van der Waals surface area contributed by atoms with Crippen molar-refractivity contribution in [3.8, 4) is 0 Å². The molecule has 0 aromatic heterocycles. The number of anilines is 3. The van der Waals surface area contributed by atoms with E-state index in [0.717, 1.165) is 16.8 Å². The molecule has 7 nitrogen and oxygen atoms in total. The largest absolute Gasteiger partial charge is 0.376 e. The monoisotopic (exact) mass is 472 g/mol. The number of benzene rings is 3. The summed E-state index contributed by atoms with van der Waals surface area (Å²) in [7, 11) is 3.50. The predicted octanol–water partition coefficient (Wildman–Crippen LogP) is 4.33. The zero-order valence-electron chi connectivity index (χ0n) is 20.2. The molecular formula is C28H32N4O3. The van der Waals surface area contributed by atoms with Gasteiger partial charge in [0.05, 0.1) is 6.54 Å². The molecule has 0 saturated carbocycles. The number of nitrogens with zero attached hydrogens (tertiary/aromatic N) is 1. The highest BCUT2D eigenvalue weighted by molar-refractivity contribution is 5.94. The maximum atomic E-state index is 12.3. The van der Waals surface area contributed by atoms with Crippen molar-refractivity contribution in [1.29, 1.82) is 0 Å². The molecular weight excluding hydrogens is 440 g/mol. The third-order valence-corrected chi connectivity index (χ3v) is 5.47. The molecule has 182 valence electrons. The minimum absolute atomic E-state index is 0.0508. The van der Waals surface area contributed by atoms with Crippen LogP contribution in [-0.4, -0.2) is 43.3 Å². The molecule has 0 spiro atoms. The molecule has 0 heterocycles. The Balaban J connectivity index is 1.38. The van der Waals surface area contributed by atoms with E-state index < -0.39 is 0 Å². The lowest BCUT2D eigenvalue weighted by Gasteiger charge is -2.11. The third kappa shape index (κ3) is 8.97. The second-order valence-electron chi connectivity index (χ2n) is 8.50. The van der Waals surface area contributed by atoms with Crippen molar-refractivity contribution in [2.75, 3.05) is 36.6 Å². The van der Waals surface area contributed by atoms with Gasteiger partial charge in [0, 0.05) is 44.0 Å². The fraction of sp³-hybridized carbons (Fsp3) is 0.250. The number of amides is 3. The lowest BCUT2D eigenvalue weighted by atomic mass is 10.1. The van der Waals surface area contributed by atoms with Gasteiger partial charge in [0.25, 0.3) is 0 Å². The van der Waals surface area contributed by atoms with E-state index in [0.29, 0.717) is 37.1 Å². The second kappa shape index (κ2) is 12.9. The molecule has 0 aliphatic rings. The van der Waals surface area contributed by atoms with Crippen LogP contribution in [0.4, 0.5) is 17.1 Å². The van der Waals surface area contributed by atoms with E-state index in [1.807, 2.05) is 54.6 Å². The summed E-state index contributed by atoms with van der Waals surface area (Å²) >= 11 is 0. The molecule has 0 atom stereocenters. The maximum absolute atomic E-state index is 12.3. The van der Waals surface area contributed by atoms with Gasteiger partial charge in [-0.2, -0.15) is 0 Å². The van der Waals surface area contributed by atoms with E-state index in [2.05, 4.69) is 16.0 Å². The number of nitrogens with one attached hydrogen (secondary N) is 3. The summed E-state index contributed by atoms with van der Waals surface area (Å²) in [5.74, 6) is -0.127. The molecule has 3 N–H and O–H groups in total. The lowest BCUT2D eigenvalue weighted by molar-refractivity contribution is -0.128. The first-order chi connectivity index (χ1) is 16.9. The Labute approximate surface area is 206 Å². The van der Waals surface area contributed by atoms with E-state index in [1.165, 1.54) is 0 Å². The molecule has 3 aromatic rings. The normalized spacial score (nSPS) is 10.3. The van der Waals surface area contributed by atoms with Crippen molar-refractivity contribution in [3.63, 3.8) is 0 Å². The Bertz CT molecular complexity index is 1110. The van der Waals surface area contributed by atoms with Crippen LogP contribution in [0, 0.1) is 0 Å². The topological polar surface area (TPSA) is 90.5 Å². The van der Waals surface area contributed by atoms with Gasteiger partial charge in [-0.05, 0) is 60.4 Å². The smallest absolute Gasteiger partial charge is 0.243 e. The van der Waals surface area contributed by atoms with Gasteiger partial charge >= 0.3 is 0 Å². The average molecular weight is 473 g/mol. The van der Waals surface area contributed by atoms with E-state index >= 15 is 0 Å². The maximum Gasteiger partial charge on any atom is 0.243 e. The molecule has 0 aliphatic carbocycles. The molecule has 0 fully saturated rings. The molecule has 0 bridgehead atoms. The average Bonchev–Trinajstić information content (AvgIpc) is 2.87. The van der Waals surface area contributed by atoms with Crippen molar-refractivity contribution >= 4 is 34.8 Å². The van der Waals surface area contributed by atoms with E-state index in [9.17, 15) is 14.4 Å². The second-order valence-corrected chi connectivity index (χ2v) is 8.50. The van der Waals surface area contributed by atoms with Crippen molar-refractivity contribution in [3.05, 3.63) is 90.0 Å². The zero-order chi connectivity index (χ0) is 25.0. The van der Waals surface area contributed by atoms with Crippen LogP contribution in [-0.2, 0) is 27.2 Å². The van der Waals surface area contributed by atoms with Crippen molar-refractivity contribution in [1.82, 2.24) is 4.90 Å². The highest BCUT2D eigenvalue weighted by Crippen LogP contribution is 2.15. The first-order valence-corrected chi connectivity index (χ1v) is 11.7. The molecule has 0 aliphatic heterocycles. The Morgan fingerprint density at radius 3 is 1.74 bits per heavy atom. The van der Waals surface area contributed by atoms with Gasteiger partial charge in [0.1, 0.15) is 0 Å². The molecule has 3 aromatic carbocycles. The summed E-state index contributed by atoms with van der Waals surface area (Å²) in [6.45, 7) is 0.121. The third-order valence-electron chi connectivity index (χ3n) is 5.47. The van der Waals surface area contributed by atoms with Gasteiger partial charge in [0.15, 0.2) is 0 Å². The van der Waals surface area contributed by atoms with Gasteiger partial charge in [-0.1, -0.05) is 42.5 Å². The zero-order valence-corrected chi connectivity index (χ0v) is 20.2. The van der Waals surface area contributed by atoms with Crippen molar-refractivity contribution < 1.29 is 14.4 Å². The van der Waals surface area contributed by atoms with Gasteiger partial charge in [-0.3, -0.25) is 14.4 Å². The molecule has 3 rings (SSSR count). The van der Waals surface area contributed by atoms with Crippen LogP contribution in [0.1, 0.15) is 24.0 Å². The quantitative estimate of drug-likeness (QED) is 0.387. The Morgan fingerprint density at radius 1 is 0.629 bits per heavy atom. The van der Waals surface area contributed by atoms with E-state index in [4.69, 9.17) is 0 Å². The van der Waals surface area contributed by atoms with Crippen LogP contribution in [0.5, 0.6) is 0 Å².